The average molecular weight is 230 g/mol. The first-order chi connectivity index (χ1) is 7.62. The highest BCUT2D eigenvalue weighted by molar-refractivity contribution is 4.83. The van der Waals surface area contributed by atoms with Crippen LogP contribution in [-0.2, 0) is 4.74 Å². The summed E-state index contributed by atoms with van der Waals surface area (Å²) < 4.78 is 5.36. The summed E-state index contributed by atoms with van der Waals surface area (Å²) >= 11 is 0. The number of hydrazine groups is 1. The van der Waals surface area contributed by atoms with Crippen molar-refractivity contribution in [1.82, 2.24) is 10.0 Å². The highest BCUT2D eigenvalue weighted by Crippen LogP contribution is 2.23. The maximum absolute atomic E-state index is 9.89. The lowest BCUT2D eigenvalue weighted by Crippen LogP contribution is -2.59. The Kier molecular flexibility index (Phi) is 3.81. The van der Waals surface area contributed by atoms with Crippen molar-refractivity contribution in [3.8, 4) is 0 Å². The Hall–Kier alpha value is -0.200. The predicted octanol–water partition coefficient (Wildman–Crippen LogP) is -0.559. The third kappa shape index (κ3) is 2.73. The number of piperidine rings is 1. The van der Waals surface area contributed by atoms with Gasteiger partial charge in [-0.3, -0.25) is 0 Å². The van der Waals surface area contributed by atoms with Crippen molar-refractivity contribution in [3.05, 3.63) is 0 Å². The molecule has 0 radical (unpaired) electrons. The fraction of sp³-hybridized carbons (Fsp3) is 1.00. The number of hydrogen-bond donors (Lipinski definition) is 2. The van der Waals surface area contributed by atoms with Gasteiger partial charge in [-0.05, 0) is 19.8 Å². The summed E-state index contributed by atoms with van der Waals surface area (Å²) in [5.41, 5.74) is -0.516. The van der Waals surface area contributed by atoms with Gasteiger partial charge < -0.3 is 14.9 Å². The minimum absolute atomic E-state index is 0.0804. The molecule has 5 heteroatoms. The van der Waals surface area contributed by atoms with E-state index in [1.165, 1.54) is 0 Å². The first kappa shape index (κ1) is 12.3. The van der Waals surface area contributed by atoms with Crippen LogP contribution < -0.4 is 0 Å². The molecule has 0 aromatic carbocycles. The molecule has 1 atom stereocenters. The molecule has 1 unspecified atom stereocenters. The minimum atomic E-state index is -0.516. The molecular formula is C11H22N2O3. The van der Waals surface area contributed by atoms with Crippen LogP contribution in [0.2, 0.25) is 0 Å². The third-order valence-electron chi connectivity index (χ3n) is 3.59. The summed E-state index contributed by atoms with van der Waals surface area (Å²) in [6, 6.07) is 0.0804. The molecule has 2 fully saturated rings. The highest BCUT2D eigenvalue weighted by Gasteiger charge is 2.33. The van der Waals surface area contributed by atoms with E-state index in [1.54, 1.807) is 0 Å². The average Bonchev–Trinajstić information content (AvgIpc) is 2.29. The summed E-state index contributed by atoms with van der Waals surface area (Å²) in [7, 11) is 0. The Balaban J connectivity index is 1.91. The standard InChI is InChI=1S/C11H22N2O3/c1-11(15)2-4-12(5-3-11)13-6-7-16-9-10(13)8-14/h10,14-15H,2-9H2,1H3. The molecule has 2 saturated heterocycles. The summed E-state index contributed by atoms with van der Waals surface area (Å²) in [5, 5.41) is 23.6. The minimum Gasteiger partial charge on any atom is -0.395 e. The molecule has 94 valence electrons. The van der Waals surface area contributed by atoms with Crippen molar-refractivity contribution in [2.24, 2.45) is 0 Å². The topological polar surface area (TPSA) is 56.2 Å². The smallest absolute Gasteiger partial charge is 0.0711 e. The molecule has 0 amide bonds. The molecule has 5 nitrogen and oxygen atoms in total. The number of nitrogens with zero attached hydrogens (tertiary/aromatic N) is 2. The molecule has 0 saturated carbocycles. The largest absolute Gasteiger partial charge is 0.395 e. The van der Waals surface area contributed by atoms with E-state index in [1.807, 2.05) is 6.92 Å². The van der Waals surface area contributed by atoms with E-state index in [9.17, 15) is 10.2 Å². The summed E-state index contributed by atoms with van der Waals surface area (Å²) in [5.74, 6) is 0. The van der Waals surface area contributed by atoms with Crippen LogP contribution in [0.15, 0.2) is 0 Å². The van der Waals surface area contributed by atoms with Crippen molar-refractivity contribution in [1.29, 1.82) is 0 Å². The van der Waals surface area contributed by atoms with Gasteiger partial charge in [-0.2, -0.15) is 0 Å². The number of aliphatic hydroxyl groups excluding tert-OH is 1. The predicted molar refractivity (Wildman–Crippen MR) is 59.8 cm³/mol. The van der Waals surface area contributed by atoms with Crippen LogP contribution >= 0.6 is 0 Å². The Bertz CT molecular complexity index is 225. The Morgan fingerprint density at radius 1 is 1.31 bits per heavy atom. The van der Waals surface area contributed by atoms with Crippen LogP contribution in [0.5, 0.6) is 0 Å². The SMILES string of the molecule is CC1(O)CCN(N2CCOCC2CO)CC1. The van der Waals surface area contributed by atoms with Crippen LogP contribution in [0, 0.1) is 0 Å². The van der Waals surface area contributed by atoms with Crippen LogP contribution in [0.4, 0.5) is 0 Å². The van der Waals surface area contributed by atoms with E-state index >= 15 is 0 Å². The molecule has 2 N–H and O–H groups in total. The number of morpholine rings is 1. The second kappa shape index (κ2) is 4.98. The quantitative estimate of drug-likeness (QED) is 0.666. The van der Waals surface area contributed by atoms with Crippen molar-refractivity contribution in [2.75, 3.05) is 39.5 Å². The molecule has 2 aliphatic heterocycles. The van der Waals surface area contributed by atoms with Gasteiger partial charge in [0.05, 0.1) is 31.5 Å². The Labute approximate surface area is 96.6 Å². The number of hydrogen-bond acceptors (Lipinski definition) is 5. The lowest BCUT2D eigenvalue weighted by molar-refractivity contribution is -0.163. The van der Waals surface area contributed by atoms with Crippen molar-refractivity contribution >= 4 is 0 Å². The van der Waals surface area contributed by atoms with E-state index < -0.39 is 5.60 Å². The van der Waals surface area contributed by atoms with Crippen molar-refractivity contribution in [3.63, 3.8) is 0 Å². The zero-order chi connectivity index (χ0) is 11.6. The zero-order valence-corrected chi connectivity index (χ0v) is 9.93. The van der Waals surface area contributed by atoms with E-state index in [0.29, 0.717) is 6.61 Å². The van der Waals surface area contributed by atoms with Crippen molar-refractivity contribution < 1.29 is 14.9 Å². The van der Waals surface area contributed by atoms with Crippen molar-refractivity contribution in [2.45, 2.75) is 31.4 Å². The number of rotatable bonds is 2. The first-order valence-electron chi connectivity index (χ1n) is 6.05. The second-order valence-electron chi connectivity index (χ2n) is 5.02. The van der Waals surface area contributed by atoms with E-state index in [2.05, 4.69) is 10.0 Å². The van der Waals surface area contributed by atoms with Gasteiger partial charge in [0.2, 0.25) is 0 Å². The molecular weight excluding hydrogens is 208 g/mol. The van der Waals surface area contributed by atoms with E-state index in [-0.39, 0.29) is 12.6 Å². The normalized spacial score (nSPS) is 32.8. The molecule has 2 rings (SSSR count). The molecule has 0 aromatic heterocycles. The van der Waals surface area contributed by atoms with Crippen LogP contribution in [0.3, 0.4) is 0 Å². The zero-order valence-electron chi connectivity index (χ0n) is 9.93. The van der Waals surface area contributed by atoms with E-state index in [0.717, 1.165) is 39.1 Å². The molecule has 0 aliphatic carbocycles. The lowest BCUT2D eigenvalue weighted by Gasteiger charge is -2.46. The van der Waals surface area contributed by atoms with Gasteiger partial charge in [0.25, 0.3) is 0 Å². The molecule has 0 aromatic rings. The molecule has 2 heterocycles. The van der Waals surface area contributed by atoms with Gasteiger partial charge in [0, 0.05) is 19.6 Å². The Morgan fingerprint density at radius 2 is 2.00 bits per heavy atom. The number of ether oxygens (including phenoxy) is 1. The maximum Gasteiger partial charge on any atom is 0.0711 e. The fourth-order valence-corrected chi connectivity index (χ4v) is 2.40. The fourth-order valence-electron chi connectivity index (χ4n) is 2.40. The summed E-state index contributed by atoms with van der Waals surface area (Å²) in [4.78, 5) is 0. The molecule has 16 heavy (non-hydrogen) atoms. The van der Waals surface area contributed by atoms with Gasteiger partial charge in [-0.25, -0.2) is 10.0 Å². The third-order valence-corrected chi connectivity index (χ3v) is 3.59. The lowest BCUT2D eigenvalue weighted by atomic mass is 9.94. The van der Waals surface area contributed by atoms with Crippen LogP contribution in [0.25, 0.3) is 0 Å². The van der Waals surface area contributed by atoms with Gasteiger partial charge in [0.15, 0.2) is 0 Å². The van der Waals surface area contributed by atoms with Crippen LogP contribution in [0.1, 0.15) is 19.8 Å². The second-order valence-corrected chi connectivity index (χ2v) is 5.02. The van der Waals surface area contributed by atoms with Gasteiger partial charge in [-0.15, -0.1) is 0 Å². The molecule has 0 spiro atoms. The molecule has 2 aliphatic rings. The first-order valence-corrected chi connectivity index (χ1v) is 6.05. The summed E-state index contributed by atoms with van der Waals surface area (Å²) in [6.07, 6.45) is 1.59. The van der Waals surface area contributed by atoms with Gasteiger partial charge >= 0.3 is 0 Å². The van der Waals surface area contributed by atoms with Gasteiger partial charge in [-0.1, -0.05) is 0 Å². The maximum atomic E-state index is 9.89. The highest BCUT2D eigenvalue weighted by atomic mass is 16.5. The Morgan fingerprint density at radius 3 is 2.62 bits per heavy atom. The monoisotopic (exact) mass is 230 g/mol. The molecule has 0 bridgehead atoms. The number of aliphatic hydroxyl groups is 2. The summed E-state index contributed by atoms with van der Waals surface area (Å²) in [6.45, 7) is 5.92. The van der Waals surface area contributed by atoms with Crippen LogP contribution in [-0.4, -0.2) is 71.3 Å². The van der Waals surface area contributed by atoms with E-state index in [4.69, 9.17) is 4.74 Å². The van der Waals surface area contributed by atoms with Gasteiger partial charge in [0.1, 0.15) is 0 Å².